The summed E-state index contributed by atoms with van der Waals surface area (Å²) < 4.78 is 15.8. The number of ether oxygens (including phenoxy) is 3. The molecule has 2 aromatic rings. The highest BCUT2D eigenvalue weighted by atomic mass is 16.5. The molecular formula is C24H28N2O5. The number of anilines is 1. The average molecular weight is 424 g/mol. The SMILES string of the molecule is COC(=O)c1cc2c(cc1OC)NC(C1CC1)[C@H](C)C2NC(=O)OCc1ccccc1. The molecule has 1 saturated carbocycles. The number of carbonyl (C=O) groups excluding carboxylic acids is 2. The van der Waals surface area contributed by atoms with Crippen molar-refractivity contribution in [3.05, 3.63) is 59.2 Å². The molecule has 1 fully saturated rings. The van der Waals surface area contributed by atoms with E-state index in [4.69, 9.17) is 14.2 Å². The molecule has 7 heteroatoms. The molecule has 2 N–H and O–H groups in total. The van der Waals surface area contributed by atoms with Crippen molar-refractivity contribution >= 4 is 17.7 Å². The molecule has 2 aromatic carbocycles. The summed E-state index contributed by atoms with van der Waals surface area (Å²) in [6.45, 7) is 2.31. The Kier molecular flexibility index (Phi) is 6.02. The van der Waals surface area contributed by atoms with Crippen LogP contribution >= 0.6 is 0 Å². The van der Waals surface area contributed by atoms with Crippen molar-refractivity contribution in [1.29, 1.82) is 0 Å². The Hall–Kier alpha value is -3.22. The number of alkyl carbamates (subject to hydrolysis) is 1. The summed E-state index contributed by atoms with van der Waals surface area (Å²) in [4.78, 5) is 25.0. The van der Waals surface area contributed by atoms with Crippen LogP contribution in [0.15, 0.2) is 42.5 Å². The van der Waals surface area contributed by atoms with Gasteiger partial charge in [-0.3, -0.25) is 0 Å². The zero-order chi connectivity index (χ0) is 22.0. The Bertz CT molecular complexity index is 958. The zero-order valence-electron chi connectivity index (χ0n) is 18.0. The first-order chi connectivity index (χ1) is 15.0. The van der Waals surface area contributed by atoms with E-state index in [1.165, 1.54) is 27.1 Å². The van der Waals surface area contributed by atoms with Gasteiger partial charge in [-0.15, -0.1) is 0 Å². The largest absolute Gasteiger partial charge is 0.496 e. The molecule has 1 heterocycles. The third-order valence-corrected chi connectivity index (χ3v) is 6.14. The molecule has 164 valence electrons. The minimum Gasteiger partial charge on any atom is -0.496 e. The van der Waals surface area contributed by atoms with Gasteiger partial charge in [0.05, 0.1) is 20.3 Å². The average Bonchev–Trinajstić information content (AvgIpc) is 3.64. The lowest BCUT2D eigenvalue weighted by Gasteiger charge is -2.39. The Labute approximate surface area is 182 Å². The number of amides is 1. The third kappa shape index (κ3) is 4.45. The summed E-state index contributed by atoms with van der Waals surface area (Å²) in [6, 6.07) is 13.0. The predicted molar refractivity (Wildman–Crippen MR) is 116 cm³/mol. The molecule has 0 radical (unpaired) electrons. The van der Waals surface area contributed by atoms with Gasteiger partial charge in [0.15, 0.2) is 0 Å². The number of methoxy groups -OCH3 is 2. The van der Waals surface area contributed by atoms with Crippen LogP contribution < -0.4 is 15.4 Å². The number of nitrogens with one attached hydrogen (secondary N) is 2. The molecule has 0 bridgehead atoms. The lowest BCUT2D eigenvalue weighted by Crippen LogP contribution is -2.45. The number of carbonyl (C=O) groups is 2. The van der Waals surface area contributed by atoms with E-state index >= 15 is 0 Å². The fourth-order valence-electron chi connectivity index (χ4n) is 4.32. The van der Waals surface area contributed by atoms with Gasteiger partial charge in [-0.1, -0.05) is 37.3 Å². The molecule has 2 unspecified atom stereocenters. The number of fused-ring (bicyclic) bond motifs is 1. The summed E-state index contributed by atoms with van der Waals surface area (Å²) in [5.74, 6) is 0.636. The lowest BCUT2D eigenvalue weighted by atomic mass is 9.81. The smallest absolute Gasteiger partial charge is 0.407 e. The van der Waals surface area contributed by atoms with E-state index in [1.54, 1.807) is 6.07 Å². The minimum absolute atomic E-state index is 0.114. The van der Waals surface area contributed by atoms with Crippen molar-refractivity contribution in [2.45, 2.75) is 38.5 Å². The molecule has 0 spiro atoms. The van der Waals surface area contributed by atoms with Gasteiger partial charge in [-0.05, 0) is 36.0 Å². The summed E-state index contributed by atoms with van der Waals surface area (Å²) in [5, 5.41) is 6.64. The van der Waals surface area contributed by atoms with Crippen LogP contribution in [0.5, 0.6) is 5.75 Å². The molecule has 2 aliphatic rings. The van der Waals surface area contributed by atoms with Crippen LogP contribution in [-0.2, 0) is 16.1 Å². The predicted octanol–water partition coefficient (Wildman–Crippen LogP) is 4.29. The van der Waals surface area contributed by atoms with Gasteiger partial charge >= 0.3 is 12.1 Å². The monoisotopic (exact) mass is 424 g/mol. The first-order valence-electron chi connectivity index (χ1n) is 10.6. The van der Waals surface area contributed by atoms with E-state index < -0.39 is 12.1 Å². The van der Waals surface area contributed by atoms with Gasteiger partial charge in [-0.25, -0.2) is 9.59 Å². The van der Waals surface area contributed by atoms with Gasteiger partial charge in [0.2, 0.25) is 0 Å². The Balaban J connectivity index is 1.60. The summed E-state index contributed by atoms with van der Waals surface area (Å²) >= 11 is 0. The number of rotatable bonds is 6. The van der Waals surface area contributed by atoms with E-state index in [0.717, 1.165) is 16.8 Å². The van der Waals surface area contributed by atoms with Gasteiger partial charge in [0.25, 0.3) is 0 Å². The van der Waals surface area contributed by atoms with Crippen molar-refractivity contribution in [1.82, 2.24) is 5.32 Å². The molecule has 7 nitrogen and oxygen atoms in total. The second kappa shape index (κ2) is 8.88. The fourth-order valence-corrected chi connectivity index (χ4v) is 4.32. The summed E-state index contributed by atoms with van der Waals surface area (Å²) in [5.41, 5.74) is 2.92. The molecular weight excluding hydrogens is 396 g/mol. The Morgan fingerprint density at radius 1 is 1.13 bits per heavy atom. The fraction of sp³-hybridized carbons (Fsp3) is 0.417. The maximum Gasteiger partial charge on any atom is 0.407 e. The maximum atomic E-state index is 12.7. The van der Waals surface area contributed by atoms with Crippen molar-refractivity contribution in [2.24, 2.45) is 11.8 Å². The Morgan fingerprint density at radius 3 is 2.52 bits per heavy atom. The molecule has 3 atom stereocenters. The van der Waals surface area contributed by atoms with E-state index in [2.05, 4.69) is 17.6 Å². The number of benzene rings is 2. The van der Waals surface area contributed by atoms with Crippen LogP contribution in [-0.4, -0.2) is 32.3 Å². The highest BCUT2D eigenvalue weighted by molar-refractivity contribution is 5.94. The number of hydrogen-bond donors (Lipinski definition) is 2. The third-order valence-electron chi connectivity index (χ3n) is 6.14. The molecule has 0 aromatic heterocycles. The summed E-state index contributed by atoms with van der Waals surface area (Å²) in [6.07, 6.45) is 1.85. The second-order valence-electron chi connectivity index (χ2n) is 8.18. The second-order valence-corrected chi connectivity index (χ2v) is 8.18. The number of esters is 1. The van der Waals surface area contributed by atoms with Gasteiger partial charge in [0.1, 0.15) is 17.9 Å². The minimum atomic E-state index is -0.487. The highest BCUT2D eigenvalue weighted by Gasteiger charge is 2.43. The van der Waals surface area contributed by atoms with Crippen molar-refractivity contribution in [3.63, 3.8) is 0 Å². The van der Waals surface area contributed by atoms with Crippen LogP contribution in [0.2, 0.25) is 0 Å². The highest BCUT2D eigenvalue weighted by Crippen LogP contribution is 2.47. The van der Waals surface area contributed by atoms with E-state index in [9.17, 15) is 9.59 Å². The first kappa shape index (κ1) is 21.0. The van der Waals surface area contributed by atoms with Crippen LogP contribution in [0.4, 0.5) is 10.5 Å². The van der Waals surface area contributed by atoms with Gasteiger partial charge in [0, 0.05) is 23.7 Å². The van der Waals surface area contributed by atoms with Crippen molar-refractivity contribution in [2.75, 3.05) is 19.5 Å². The van der Waals surface area contributed by atoms with Crippen LogP contribution in [0.3, 0.4) is 0 Å². The number of hydrogen-bond acceptors (Lipinski definition) is 6. The van der Waals surface area contributed by atoms with E-state index in [1.807, 2.05) is 36.4 Å². The first-order valence-corrected chi connectivity index (χ1v) is 10.6. The van der Waals surface area contributed by atoms with E-state index in [-0.39, 0.29) is 24.6 Å². The quantitative estimate of drug-likeness (QED) is 0.673. The van der Waals surface area contributed by atoms with E-state index in [0.29, 0.717) is 17.2 Å². The lowest BCUT2D eigenvalue weighted by molar-refractivity contribution is 0.0597. The normalized spacial score (nSPS) is 22.0. The molecule has 1 aliphatic heterocycles. The molecule has 31 heavy (non-hydrogen) atoms. The van der Waals surface area contributed by atoms with Gasteiger partial charge in [-0.2, -0.15) is 0 Å². The maximum absolute atomic E-state index is 12.7. The summed E-state index contributed by atoms with van der Waals surface area (Å²) in [7, 11) is 2.86. The zero-order valence-corrected chi connectivity index (χ0v) is 18.0. The topological polar surface area (TPSA) is 85.9 Å². The van der Waals surface area contributed by atoms with Crippen LogP contribution in [0, 0.1) is 11.8 Å². The molecule has 1 amide bonds. The molecule has 0 saturated heterocycles. The standard InChI is InChI=1S/C24H28N2O5/c1-14-21(16-9-10-16)25-19-12-20(29-2)18(23(27)30-3)11-17(19)22(14)26-24(28)31-13-15-7-5-4-6-8-15/h4-8,11-12,14,16,21-22,25H,9-10,13H2,1-3H3,(H,26,28)/t14-,21?,22?/m0/s1. The molecule has 4 rings (SSSR count). The van der Waals surface area contributed by atoms with Crippen molar-refractivity contribution in [3.8, 4) is 5.75 Å². The Morgan fingerprint density at radius 2 is 1.87 bits per heavy atom. The molecule has 1 aliphatic carbocycles. The van der Waals surface area contributed by atoms with Gasteiger partial charge < -0.3 is 24.8 Å². The van der Waals surface area contributed by atoms with Crippen LogP contribution in [0.1, 0.15) is 47.3 Å². The van der Waals surface area contributed by atoms with Crippen molar-refractivity contribution < 1.29 is 23.8 Å². The van der Waals surface area contributed by atoms with Crippen LogP contribution in [0.25, 0.3) is 0 Å².